The van der Waals surface area contributed by atoms with Gasteiger partial charge >= 0.3 is 0 Å². The second-order valence-corrected chi connectivity index (χ2v) is 3.37. The highest BCUT2D eigenvalue weighted by atomic mass is 16.5. The molecule has 0 fully saturated rings. The smallest absolute Gasteiger partial charge is 0.122 e. The van der Waals surface area contributed by atoms with Gasteiger partial charge in [0.2, 0.25) is 0 Å². The second-order valence-electron chi connectivity index (χ2n) is 3.37. The Bertz CT molecular complexity index is 477. The molecule has 0 aliphatic carbocycles. The summed E-state index contributed by atoms with van der Waals surface area (Å²) in [4.78, 5) is 0. The molecule has 0 atom stereocenters. The fourth-order valence-corrected chi connectivity index (χ4v) is 1.70. The highest BCUT2D eigenvalue weighted by Crippen LogP contribution is 2.27. The molecule has 72 valence electrons. The van der Waals surface area contributed by atoms with E-state index in [0.717, 1.165) is 22.4 Å². The molecule has 0 spiro atoms. The van der Waals surface area contributed by atoms with E-state index in [0.29, 0.717) is 0 Å². The molecule has 0 saturated carbocycles. The zero-order valence-corrected chi connectivity index (χ0v) is 8.37. The van der Waals surface area contributed by atoms with Crippen molar-refractivity contribution in [3.8, 4) is 5.75 Å². The van der Waals surface area contributed by atoms with E-state index in [-0.39, 0.29) is 0 Å². The maximum absolute atomic E-state index is 5.71. The summed E-state index contributed by atoms with van der Waals surface area (Å²) < 4.78 is 5.25. The van der Waals surface area contributed by atoms with Gasteiger partial charge in [0.15, 0.2) is 0 Å². The largest absolute Gasteiger partial charge is 0.496 e. The SMILES string of the molecule is COc1ccc2cc(N)ccc2c1C. The first-order valence-corrected chi connectivity index (χ1v) is 4.55. The van der Waals surface area contributed by atoms with E-state index in [4.69, 9.17) is 10.5 Å². The van der Waals surface area contributed by atoms with Crippen molar-refractivity contribution in [1.82, 2.24) is 0 Å². The normalized spacial score (nSPS) is 10.4. The van der Waals surface area contributed by atoms with Gasteiger partial charge in [-0.15, -0.1) is 0 Å². The first-order valence-electron chi connectivity index (χ1n) is 4.55. The monoisotopic (exact) mass is 187 g/mol. The van der Waals surface area contributed by atoms with Crippen LogP contribution in [0.5, 0.6) is 5.75 Å². The molecule has 2 aromatic carbocycles. The summed E-state index contributed by atoms with van der Waals surface area (Å²) in [6.45, 7) is 2.05. The summed E-state index contributed by atoms with van der Waals surface area (Å²) in [7, 11) is 1.69. The number of nitrogens with two attached hydrogens (primary N) is 1. The lowest BCUT2D eigenvalue weighted by molar-refractivity contribution is 0.412. The molecule has 2 aromatic rings. The molecule has 2 rings (SSSR count). The Balaban J connectivity index is 2.77. The molecule has 0 heterocycles. The Kier molecular flexibility index (Phi) is 2.04. The molecular formula is C12H13NO. The van der Waals surface area contributed by atoms with Gasteiger partial charge in [-0.3, -0.25) is 0 Å². The third kappa shape index (κ3) is 1.29. The van der Waals surface area contributed by atoms with Crippen molar-refractivity contribution in [2.45, 2.75) is 6.92 Å². The highest BCUT2D eigenvalue weighted by Gasteiger charge is 2.02. The van der Waals surface area contributed by atoms with Crippen LogP contribution in [-0.4, -0.2) is 7.11 Å². The molecule has 0 radical (unpaired) electrons. The minimum absolute atomic E-state index is 0.794. The van der Waals surface area contributed by atoms with Gasteiger partial charge < -0.3 is 10.5 Å². The van der Waals surface area contributed by atoms with Gasteiger partial charge in [-0.25, -0.2) is 0 Å². The molecule has 0 amide bonds. The third-order valence-electron chi connectivity index (χ3n) is 2.48. The summed E-state index contributed by atoms with van der Waals surface area (Å²) in [6.07, 6.45) is 0. The van der Waals surface area contributed by atoms with E-state index in [1.165, 1.54) is 5.39 Å². The molecular weight excluding hydrogens is 174 g/mol. The topological polar surface area (TPSA) is 35.2 Å². The number of anilines is 1. The van der Waals surface area contributed by atoms with Crippen molar-refractivity contribution in [1.29, 1.82) is 0 Å². The van der Waals surface area contributed by atoms with E-state index in [2.05, 4.69) is 6.92 Å². The Labute approximate surface area is 83.3 Å². The number of methoxy groups -OCH3 is 1. The van der Waals surface area contributed by atoms with Crippen molar-refractivity contribution in [2.75, 3.05) is 12.8 Å². The van der Waals surface area contributed by atoms with E-state index in [1.807, 2.05) is 30.3 Å². The lowest BCUT2D eigenvalue weighted by Gasteiger charge is -2.08. The number of hydrogen-bond acceptors (Lipinski definition) is 2. The minimum Gasteiger partial charge on any atom is -0.496 e. The lowest BCUT2D eigenvalue weighted by Crippen LogP contribution is -1.89. The summed E-state index contributed by atoms with van der Waals surface area (Å²) in [6, 6.07) is 9.91. The Morgan fingerprint density at radius 2 is 1.93 bits per heavy atom. The molecule has 0 aromatic heterocycles. The summed E-state index contributed by atoms with van der Waals surface area (Å²) in [5.41, 5.74) is 7.66. The van der Waals surface area contributed by atoms with Crippen LogP contribution in [0.3, 0.4) is 0 Å². The first kappa shape index (κ1) is 8.88. The molecule has 0 aliphatic rings. The summed E-state index contributed by atoms with van der Waals surface area (Å²) in [5.74, 6) is 0.919. The number of hydrogen-bond donors (Lipinski definition) is 1. The van der Waals surface area contributed by atoms with Crippen molar-refractivity contribution in [3.63, 3.8) is 0 Å². The molecule has 0 aliphatic heterocycles. The van der Waals surface area contributed by atoms with Crippen molar-refractivity contribution in [3.05, 3.63) is 35.9 Å². The van der Waals surface area contributed by atoms with Gasteiger partial charge in [-0.1, -0.05) is 12.1 Å². The minimum atomic E-state index is 0.794. The predicted molar refractivity (Wildman–Crippen MR) is 59.6 cm³/mol. The Morgan fingerprint density at radius 1 is 1.14 bits per heavy atom. The van der Waals surface area contributed by atoms with Crippen LogP contribution in [0.1, 0.15) is 5.56 Å². The van der Waals surface area contributed by atoms with Crippen LogP contribution < -0.4 is 10.5 Å². The first-order chi connectivity index (χ1) is 6.72. The zero-order chi connectivity index (χ0) is 10.1. The number of ether oxygens (including phenoxy) is 1. The predicted octanol–water partition coefficient (Wildman–Crippen LogP) is 2.74. The van der Waals surface area contributed by atoms with E-state index >= 15 is 0 Å². The van der Waals surface area contributed by atoms with E-state index in [1.54, 1.807) is 7.11 Å². The lowest BCUT2D eigenvalue weighted by atomic mass is 10.0. The van der Waals surface area contributed by atoms with E-state index < -0.39 is 0 Å². The Hall–Kier alpha value is -1.70. The molecule has 2 N–H and O–H groups in total. The molecule has 2 heteroatoms. The van der Waals surface area contributed by atoms with Crippen LogP contribution >= 0.6 is 0 Å². The van der Waals surface area contributed by atoms with Crippen LogP contribution in [0, 0.1) is 6.92 Å². The average Bonchev–Trinajstić information content (AvgIpc) is 2.18. The maximum Gasteiger partial charge on any atom is 0.122 e. The van der Waals surface area contributed by atoms with Crippen molar-refractivity contribution < 1.29 is 4.74 Å². The number of aryl methyl sites for hydroxylation is 1. The molecule has 14 heavy (non-hydrogen) atoms. The fourth-order valence-electron chi connectivity index (χ4n) is 1.70. The molecule has 0 unspecified atom stereocenters. The highest BCUT2D eigenvalue weighted by molar-refractivity contribution is 5.89. The second kappa shape index (κ2) is 3.22. The quantitative estimate of drug-likeness (QED) is 0.697. The van der Waals surface area contributed by atoms with Crippen molar-refractivity contribution in [2.24, 2.45) is 0 Å². The van der Waals surface area contributed by atoms with Gasteiger partial charge in [0, 0.05) is 5.69 Å². The van der Waals surface area contributed by atoms with Crippen LogP contribution in [0.4, 0.5) is 5.69 Å². The van der Waals surface area contributed by atoms with Gasteiger partial charge in [-0.05, 0) is 41.5 Å². The third-order valence-corrected chi connectivity index (χ3v) is 2.48. The van der Waals surface area contributed by atoms with Gasteiger partial charge in [0.05, 0.1) is 7.11 Å². The van der Waals surface area contributed by atoms with E-state index in [9.17, 15) is 0 Å². The molecule has 2 nitrogen and oxygen atoms in total. The van der Waals surface area contributed by atoms with Crippen LogP contribution in [0.25, 0.3) is 10.8 Å². The Morgan fingerprint density at radius 3 is 2.64 bits per heavy atom. The number of fused-ring (bicyclic) bond motifs is 1. The van der Waals surface area contributed by atoms with Gasteiger partial charge in [-0.2, -0.15) is 0 Å². The van der Waals surface area contributed by atoms with Gasteiger partial charge in [0.25, 0.3) is 0 Å². The summed E-state index contributed by atoms with van der Waals surface area (Å²) in [5, 5.41) is 2.35. The van der Waals surface area contributed by atoms with Gasteiger partial charge in [0.1, 0.15) is 5.75 Å². The standard InChI is InChI=1S/C12H13NO/c1-8-11-5-4-10(13)7-9(11)3-6-12(8)14-2/h3-7H,13H2,1-2H3. The molecule has 0 saturated heterocycles. The number of benzene rings is 2. The number of rotatable bonds is 1. The zero-order valence-electron chi connectivity index (χ0n) is 8.37. The van der Waals surface area contributed by atoms with Crippen LogP contribution in [0.2, 0.25) is 0 Å². The van der Waals surface area contributed by atoms with Crippen molar-refractivity contribution >= 4 is 16.5 Å². The number of nitrogen functional groups attached to an aromatic ring is 1. The summed E-state index contributed by atoms with van der Waals surface area (Å²) >= 11 is 0. The van der Waals surface area contributed by atoms with Crippen LogP contribution in [0.15, 0.2) is 30.3 Å². The average molecular weight is 187 g/mol. The molecule has 0 bridgehead atoms. The maximum atomic E-state index is 5.71. The van der Waals surface area contributed by atoms with Crippen LogP contribution in [-0.2, 0) is 0 Å². The fraction of sp³-hybridized carbons (Fsp3) is 0.167.